The van der Waals surface area contributed by atoms with Crippen LogP contribution in [-0.2, 0) is 6.42 Å². The van der Waals surface area contributed by atoms with E-state index in [9.17, 15) is 0 Å². The first-order valence-electron chi connectivity index (χ1n) is 8.97. The number of alkyl halides is 1. The molecule has 0 saturated heterocycles. The fraction of sp³-hybridized carbons (Fsp3) is 0.700. The van der Waals surface area contributed by atoms with Gasteiger partial charge < -0.3 is 0 Å². The van der Waals surface area contributed by atoms with Crippen molar-refractivity contribution in [1.82, 2.24) is 0 Å². The second kappa shape index (κ2) is 12.3. The molecule has 1 rings (SSSR count). The fourth-order valence-electron chi connectivity index (χ4n) is 2.77. The van der Waals surface area contributed by atoms with E-state index in [1.165, 1.54) is 81.8 Å². The van der Waals surface area contributed by atoms with Gasteiger partial charge in [-0.15, -0.1) is 0 Å². The highest BCUT2D eigenvalue weighted by Gasteiger charge is 2.00. The third kappa shape index (κ3) is 9.34. The lowest BCUT2D eigenvalue weighted by molar-refractivity contribution is 0.556. The largest absolute Gasteiger partial charge is 0.0842 e. The zero-order valence-corrected chi connectivity index (χ0v) is 15.6. The van der Waals surface area contributed by atoms with Crippen LogP contribution >= 0.6 is 15.9 Å². The van der Waals surface area contributed by atoms with E-state index in [1.807, 2.05) is 0 Å². The molecule has 0 spiro atoms. The summed E-state index contributed by atoms with van der Waals surface area (Å²) in [5, 5.41) is 0. The normalized spacial score (nSPS) is 12.5. The molecule has 0 bridgehead atoms. The zero-order chi connectivity index (χ0) is 15.3. The van der Waals surface area contributed by atoms with Crippen molar-refractivity contribution in [3.63, 3.8) is 0 Å². The van der Waals surface area contributed by atoms with E-state index in [1.54, 1.807) is 0 Å². The summed E-state index contributed by atoms with van der Waals surface area (Å²) in [6.07, 6.45) is 15.4. The summed E-state index contributed by atoms with van der Waals surface area (Å²) in [5.41, 5.74) is 2.87. The Labute approximate surface area is 140 Å². The average molecular weight is 353 g/mol. The van der Waals surface area contributed by atoms with E-state index < -0.39 is 0 Å². The van der Waals surface area contributed by atoms with Crippen LogP contribution in [0.25, 0.3) is 0 Å². The third-order valence-corrected chi connectivity index (χ3v) is 4.79. The Morgan fingerprint density at radius 2 is 1.24 bits per heavy atom. The van der Waals surface area contributed by atoms with Gasteiger partial charge in [-0.3, -0.25) is 0 Å². The molecule has 120 valence electrons. The summed E-state index contributed by atoms with van der Waals surface area (Å²) < 4.78 is 0. The Kier molecular flexibility index (Phi) is 10.9. The minimum atomic E-state index is 0.462. The van der Waals surface area contributed by atoms with Gasteiger partial charge in [0.2, 0.25) is 0 Å². The van der Waals surface area contributed by atoms with Crippen LogP contribution in [-0.4, -0.2) is 0 Å². The molecular formula is C20H33Br. The lowest BCUT2D eigenvalue weighted by Gasteiger charge is -2.06. The maximum Gasteiger partial charge on any atom is 0.0367 e. The molecule has 0 aromatic heterocycles. The van der Waals surface area contributed by atoms with Crippen molar-refractivity contribution in [3.8, 4) is 0 Å². The minimum absolute atomic E-state index is 0.462. The van der Waals surface area contributed by atoms with Gasteiger partial charge in [-0.2, -0.15) is 0 Å². The molecule has 1 aromatic rings. The Morgan fingerprint density at radius 1 is 0.762 bits per heavy atom. The van der Waals surface area contributed by atoms with Crippen molar-refractivity contribution in [2.45, 2.75) is 89.3 Å². The highest BCUT2D eigenvalue weighted by molar-refractivity contribution is 9.09. The van der Waals surface area contributed by atoms with Gasteiger partial charge in [-0.1, -0.05) is 105 Å². The van der Waals surface area contributed by atoms with E-state index in [-0.39, 0.29) is 0 Å². The van der Waals surface area contributed by atoms with Crippen LogP contribution in [0.4, 0.5) is 0 Å². The van der Waals surface area contributed by atoms with Crippen molar-refractivity contribution in [3.05, 3.63) is 35.4 Å². The van der Waals surface area contributed by atoms with E-state index in [0.29, 0.717) is 4.83 Å². The SMILES string of the molecule is CCCCCCCCCCCCc1ccc(C(C)Br)cc1. The van der Waals surface area contributed by atoms with Crippen LogP contribution < -0.4 is 0 Å². The van der Waals surface area contributed by atoms with E-state index in [0.717, 1.165) is 0 Å². The van der Waals surface area contributed by atoms with Crippen LogP contribution in [0.15, 0.2) is 24.3 Å². The van der Waals surface area contributed by atoms with Gasteiger partial charge in [0.05, 0.1) is 0 Å². The highest BCUT2D eigenvalue weighted by Crippen LogP contribution is 2.22. The van der Waals surface area contributed by atoms with Gasteiger partial charge in [0, 0.05) is 4.83 Å². The van der Waals surface area contributed by atoms with Crippen molar-refractivity contribution in [2.24, 2.45) is 0 Å². The number of hydrogen-bond acceptors (Lipinski definition) is 0. The second-order valence-corrected chi connectivity index (χ2v) is 7.66. The topological polar surface area (TPSA) is 0 Å². The molecule has 1 atom stereocenters. The molecule has 0 aliphatic carbocycles. The summed E-state index contributed by atoms with van der Waals surface area (Å²) in [6.45, 7) is 4.46. The minimum Gasteiger partial charge on any atom is -0.0842 e. The summed E-state index contributed by atoms with van der Waals surface area (Å²) in [6, 6.07) is 9.09. The Hall–Kier alpha value is -0.300. The van der Waals surface area contributed by atoms with Gasteiger partial charge in [0.15, 0.2) is 0 Å². The van der Waals surface area contributed by atoms with Gasteiger partial charge >= 0.3 is 0 Å². The first-order valence-corrected chi connectivity index (χ1v) is 9.88. The Balaban J connectivity index is 1.96. The van der Waals surface area contributed by atoms with Crippen molar-refractivity contribution >= 4 is 15.9 Å². The van der Waals surface area contributed by atoms with E-state index >= 15 is 0 Å². The molecule has 0 aliphatic rings. The number of unbranched alkanes of at least 4 members (excludes halogenated alkanes) is 9. The quantitative estimate of drug-likeness (QED) is 0.268. The molecule has 0 fully saturated rings. The molecular weight excluding hydrogens is 320 g/mol. The van der Waals surface area contributed by atoms with Gasteiger partial charge in [-0.25, -0.2) is 0 Å². The molecule has 1 heteroatoms. The first-order chi connectivity index (χ1) is 10.2. The fourth-order valence-corrected chi connectivity index (χ4v) is 3.07. The second-order valence-electron chi connectivity index (χ2n) is 6.29. The number of hydrogen-bond donors (Lipinski definition) is 0. The lowest BCUT2D eigenvalue weighted by atomic mass is 10.0. The standard InChI is InChI=1S/C20H33Br/c1-3-4-5-6-7-8-9-10-11-12-13-19-14-16-20(17-15-19)18(2)21/h14-18H,3-13H2,1-2H3. The number of benzene rings is 1. The van der Waals surface area contributed by atoms with Gasteiger partial charge in [-0.05, 0) is 30.9 Å². The Morgan fingerprint density at radius 3 is 1.71 bits per heavy atom. The molecule has 0 radical (unpaired) electrons. The first kappa shape index (κ1) is 18.7. The van der Waals surface area contributed by atoms with E-state index in [4.69, 9.17) is 0 Å². The summed E-state index contributed by atoms with van der Waals surface area (Å²) in [4.78, 5) is 0.462. The van der Waals surface area contributed by atoms with Crippen LogP contribution in [0.5, 0.6) is 0 Å². The molecule has 0 aliphatic heterocycles. The maximum absolute atomic E-state index is 3.61. The molecule has 0 heterocycles. The van der Waals surface area contributed by atoms with Gasteiger partial charge in [0.25, 0.3) is 0 Å². The van der Waals surface area contributed by atoms with Crippen molar-refractivity contribution in [2.75, 3.05) is 0 Å². The molecule has 0 amide bonds. The van der Waals surface area contributed by atoms with Gasteiger partial charge in [0.1, 0.15) is 0 Å². The average Bonchev–Trinajstić information content (AvgIpc) is 2.49. The molecule has 1 aromatic carbocycles. The zero-order valence-electron chi connectivity index (χ0n) is 14.0. The van der Waals surface area contributed by atoms with Crippen molar-refractivity contribution < 1.29 is 0 Å². The highest BCUT2D eigenvalue weighted by atomic mass is 79.9. The third-order valence-electron chi connectivity index (χ3n) is 4.26. The van der Waals surface area contributed by atoms with Crippen molar-refractivity contribution in [1.29, 1.82) is 0 Å². The Bertz CT molecular complexity index is 339. The monoisotopic (exact) mass is 352 g/mol. The van der Waals surface area contributed by atoms with Crippen LogP contribution in [0.2, 0.25) is 0 Å². The predicted octanol–water partition coefficient (Wildman–Crippen LogP) is 7.61. The lowest BCUT2D eigenvalue weighted by Crippen LogP contribution is -1.89. The van der Waals surface area contributed by atoms with Crippen LogP contribution in [0.1, 0.15) is 94.0 Å². The summed E-state index contributed by atoms with van der Waals surface area (Å²) in [5.74, 6) is 0. The van der Waals surface area contributed by atoms with Crippen LogP contribution in [0, 0.1) is 0 Å². The molecule has 1 unspecified atom stereocenters. The summed E-state index contributed by atoms with van der Waals surface area (Å²) >= 11 is 3.61. The number of rotatable bonds is 12. The maximum atomic E-state index is 3.61. The summed E-state index contributed by atoms with van der Waals surface area (Å²) in [7, 11) is 0. The van der Waals surface area contributed by atoms with E-state index in [2.05, 4.69) is 54.0 Å². The molecule has 0 saturated carbocycles. The smallest absolute Gasteiger partial charge is 0.0367 e. The molecule has 0 N–H and O–H groups in total. The predicted molar refractivity (Wildman–Crippen MR) is 99.3 cm³/mol. The van der Waals surface area contributed by atoms with Crippen LogP contribution in [0.3, 0.4) is 0 Å². The molecule has 0 nitrogen and oxygen atoms in total. The molecule has 21 heavy (non-hydrogen) atoms. The number of halogens is 1. The number of aryl methyl sites for hydroxylation is 1.